The standard InChI is InChI=1S/C19H26N6O2/c1-3-5-25-11-16(14(2)22-25)19(26)24-6-4-15-17(12-24)20-13-21-18(15)23-7-9-27-10-8-23/h11,13H,3-10,12H2,1-2H3. The summed E-state index contributed by atoms with van der Waals surface area (Å²) in [5.74, 6) is 1.04. The fourth-order valence-electron chi connectivity index (χ4n) is 3.80. The molecule has 27 heavy (non-hydrogen) atoms. The average Bonchev–Trinajstić information content (AvgIpc) is 3.07. The van der Waals surface area contributed by atoms with Crippen LogP contribution < -0.4 is 4.90 Å². The largest absolute Gasteiger partial charge is 0.378 e. The lowest BCUT2D eigenvalue weighted by molar-refractivity contribution is 0.0730. The number of aryl methyl sites for hydroxylation is 2. The van der Waals surface area contributed by atoms with Crippen LogP contribution >= 0.6 is 0 Å². The lowest BCUT2D eigenvalue weighted by atomic mass is 10.0. The van der Waals surface area contributed by atoms with E-state index in [4.69, 9.17) is 4.74 Å². The summed E-state index contributed by atoms with van der Waals surface area (Å²) in [7, 11) is 0. The molecule has 2 aromatic heterocycles. The maximum Gasteiger partial charge on any atom is 0.257 e. The number of hydrogen-bond acceptors (Lipinski definition) is 6. The Labute approximate surface area is 159 Å². The Morgan fingerprint density at radius 2 is 2.04 bits per heavy atom. The first-order valence-corrected chi connectivity index (χ1v) is 9.66. The zero-order chi connectivity index (χ0) is 18.8. The molecule has 0 aromatic carbocycles. The van der Waals surface area contributed by atoms with Gasteiger partial charge in [-0.1, -0.05) is 6.92 Å². The van der Waals surface area contributed by atoms with Crippen molar-refractivity contribution in [3.8, 4) is 0 Å². The van der Waals surface area contributed by atoms with Gasteiger partial charge < -0.3 is 14.5 Å². The van der Waals surface area contributed by atoms with E-state index in [-0.39, 0.29) is 5.91 Å². The normalized spacial score (nSPS) is 17.1. The van der Waals surface area contributed by atoms with Crippen molar-refractivity contribution in [2.24, 2.45) is 0 Å². The second-order valence-electron chi connectivity index (χ2n) is 7.09. The van der Waals surface area contributed by atoms with Crippen LogP contribution in [0.3, 0.4) is 0 Å². The summed E-state index contributed by atoms with van der Waals surface area (Å²) in [5.41, 5.74) is 3.59. The summed E-state index contributed by atoms with van der Waals surface area (Å²) >= 11 is 0. The maximum absolute atomic E-state index is 13.0. The highest BCUT2D eigenvalue weighted by atomic mass is 16.5. The molecule has 0 bridgehead atoms. The van der Waals surface area contributed by atoms with Crippen molar-refractivity contribution >= 4 is 11.7 Å². The van der Waals surface area contributed by atoms with Crippen LogP contribution in [0.25, 0.3) is 0 Å². The minimum atomic E-state index is 0.0343. The van der Waals surface area contributed by atoms with Crippen molar-refractivity contribution < 1.29 is 9.53 Å². The maximum atomic E-state index is 13.0. The van der Waals surface area contributed by atoms with Gasteiger partial charge in [0.1, 0.15) is 12.1 Å². The Hall–Kier alpha value is -2.48. The van der Waals surface area contributed by atoms with Gasteiger partial charge in [-0.3, -0.25) is 9.48 Å². The molecule has 2 aromatic rings. The summed E-state index contributed by atoms with van der Waals surface area (Å²) in [4.78, 5) is 26.2. The number of aromatic nitrogens is 4. The van der Waals surface area contributed by atoms with Gasteiger partial charge in [0.2, 0.25) is 0 Å². The summed E-state index contributed by atoms with van der Waals surface area (Å²) in [5, 5.41) is 4.46. The SMILES string of the molecule is CCCn1cc(C(=O)N2CCc3c(ncnc3N3CCOCC3)C2)c(C)n1. The van der Waals surface area contributed by atoms with Crippen molar-refractivity contribution in [2.45, 2.75) is 39.8 Å². The van der Waals surface area contributed by atoms with Crippen LogP contribution in [-0.2, 0) is 24.2 Å². The highest BCUT2D eigenvalue weighted by molar-refractivity contribution is 5.95. The number of nitrogens with zero attached hydrogens (tertiary/aromatic N) is 6. The highest BCUT2D eigenvalue weighted by Crippen LogP contribution is 2.27. The van der Waals surface area contributed by atoms with E-state index in [9.17, 15) is 4.79 Å². The number of ether oxygens (including phenoxy) is 1. The fraction of sp³-hybridized carbons (Fsp3) is 0.579. The van der Waals surface area contributed by atoms with Gasteiger partial charge in [-0.05, 0) is 19.8 Å². The van der Waals surface area contributed by atoms with Crippen molar-refractivity contribution in [1.29, 1.82) is 0 Å². The fourth-order valence-corrected chi connectivity index (χ4v) is 3.80. The van der Waals surface area contributed by atoms with Crippen LogP contribution in [0.4, 0.5) is 5.82 Å². The van der Waals surface area contributed by atoms with E-state index >= 15 is 0 Å². The molecule has 1 saturated heterocycles. The van der Waals surface area contributed by atoms with Crippen LogP contribution in [-0.4, -0.2) is 63.4 Å². The van der Waals surface area contributed by atoms with E-state index in [0.717, 1.165) is 62.9 Å². The first-order valence-electron chi connectivity index (χ1n) is 9.66. The first kappa shape index (κ1) is 17.9. The molecule has 4 rings (SSSR count). The minimum Gasteiger partial charge on any atom is -0.378 e. The molecular weight excluding hydrogens is 344 g/mol. The summed E-state index contributed by atoms with van der Waals surface area (Å²) in [6.45, 7) is 9.18. The van der Waals surface area contributed by atoms with E-state index in [1.165, 1.54) is 5.56 Å². The molecule has 0 N–H and O–H groups in total. The smallest absolute Gasteiger partial charge is 0.257 e. The van der Waals surface area contributed by atoms with Gasteiger partial charge in [0.05, 0.1) is 36.7 Å². The van der Waals surface area contributed by atoms with Gasteiger partial charge in [-0.25, -0.2) is 9.97 Å². The molecule has 0 spiro atoms. The summed E-state index contributed by atoms with van der Waals surface area (Å²) in [6, 6.07) is 0. The van der Waals surface area contributed by atoms with Gasteiger partial charge in [0.15, 0.2) is 0 Å². The van der Waals surface area contributed by atoms with Crippen LogP contribution in [0.1, 0.15) is 40.7 Å². The van der Waals surface area contributed by atoms with E-state index in [1.807, 2.05) is 22.7 Å². The van der Waals surface area contributed by atoms with Crippen LogP contribution in [0, 0.1) is 6.92 Å². The van der Waals surface area contributed by atoms with Crippen molar-refractivity contribution in [3.63, 3.8) is 0 Å². The number of morpholine rings is 1. The lowest BCUT2D eigenvalue weighted by Crippen LogP contribution is -2.40. The monoisotopic (exact) mass is 370 g/mol. The van der Waals surface area contributed by atoms with E-state index in [1.54, 1.807) is 6.33 Å². The molecule has 0 atom stereocenters. The van der Waals surface area contributed by atoms with Crippen molar-refractivity contribution in [2.75, 3.05) is 37.7 Å². The van der Waals surface area contributed by atoms with Gasteiger partial charge in [0.25, 0.3) is 5.91 Å². The van der Waals surface area contributed by atoms with Crippen molar-refractivity contribution in [3.05, 3.63) is 35.0 Å². The Morgan fingerprint density at radius 3 is 2.81 bits per heavy atom. The minimum absolute atomic E-state index is 0.0343. The molecule has 1 amide bonds. The van der Waals surface area contributed by atoms with E-state index in [0.29, 0.717) is 18.7 Å². The third-order valence-electron chi connectivity index (χ3n) is 5.21. The second kappa shape index (κ2) is 7.64. The zero-order valence-corrected chi connectivity index (χ0v) is 16.0. The molecular formula is C19H26N6O2. The van der Waals surface area contributed by atoms with Gasteiger partial charge in [-0.2, -0.15) is 5.10 Å². The van der Waals surface area contributed by atoms with Crippen LogP contribution in [0.2, 0.25) is 0 Å². The predicted molar refractivity (Wildman–Crippen MR) is 101 cm³/mol. The summed E-state index contributed by atoms with van der Waals surface area (Å²) < 4.78 is 7.31. The van der Waals surface area contributed by atoms with Crippen LogP contribution in [0.5, 0.6) is 0 Å². The topological polar surface area (TPSA) is 76.4 Å². The lowest BCUT2D eigenvalue weighted by Gasteiger charge is -2.33. The Balaban J connectivity index is 1.54. The van der Waals surface area contributed by atoms with E-state index < -0.39 is 0 Å². The van der Waals surface area contributed by atoms with Gasteiger partial charge in [-0.15, -0.1) is 0 Å². The Bertz CT molecular complexity index is 828. The third kappa shape index (κ3) is 3.53. The van der Waals surface area contributed by atoms with Gasteiger partial charge >= 0.3 is 0 Å². The third-order valence-corrected chi connectivity index (χ3v) is 5.21. The molecule has 0 saturated carbocycles. The van der Waals surface area contributed by atoms with Crippen molar-refractivity contribution in [1.82, 2.24) is 24.6 Å². The van der Waals surface area contributed by atoms with Crippen LogP contribution in [0.15, 0.2) is 12.5 Å². The predicted octanol–water partition coefficient (Wildman–Crippen LogP) is 1.43. The molecule has 0 radical (unpaired) electrons. The molecule has 4 heterocycles. The molecule has 0 aliphatic carbocycles. The molecule has 8 heteroatoms. The van der Waals surface area contributed by atoms with Gasteiger partial charge in [0, 0.05) is 37.9 Å². The molecule has 144 valence electrons. The Morgan fingerprint density at radius 1 is 1.22 bits per heavy atom. The number of anilines is 1. The Kier molecular flexibility index (Phi) is 5.07. The zero-order valence-electron chi connectivity index (χ0n) is 16.0. The number of rotatable bonds is 4. The number of carbonyl (C=O) groups excluding carboxylic acids is 1. The number of amides is 1. The quantitative estimate of drug-likeness (QED) is 0.810. The molecule has 2 aliphatic rings. The highest BCUT2D eigenvalue weighted by Gasteiger charge is 2.28. The molecule has 2 aliphatic heterocycles. The number of hydrogen-bond donors (Lipinski definition) is 0. The number of fused-ring (bicyclic) bond motifs is 1. The molecule has 8 nitrogen and oxygen atoms in total. The second-order valence-corrected chi connectivity index (χ2v) is 7.09. The average molecular weight is 370 g/mol. The molecule has 1 fully saturated rings. The summed E-state index contributed by atoms with van der Waals surface area (Å²) in [6.07, 6.45) is 5.25. The molecule has 0 unspecified atom stereocenters. The number of carbonyl (C=O) groups is 1. The first-order chi connectivity index (χ1) is 13.2. The van der Waals surface area contributed by atoms with E-state index in [2.05, 4.69) is 26.9 Å².